The summed E-state index contributed by atoms with van der Waals surface area (Å²) in [5, 5.41) is 8.62. The van der Waals surface area contributed by atoms with E-state index in [1.165, 1.54) is 6.92 Å². The summed E-state index contributed by atoms with van der Waals surface area (Å²) in [5.74, 6) is 0.675. The highest BCUT2D eigenvalue weighted by Gasteiger charge is 2.09. The molecule has 0 aliphatic carbocycles. The molecule has 4 heterocycles. The van der Waals surface area contributed by atoms with Gasteiger partial charge in [0.2, 0.25) is 5.95 Å². The van der Waals surface area contributed by atoms with E-state index in [4.69, 9.17) is 25.1 Å². The van der Waals surface area contributed by atoms with Crippen molar-refractivity contribution < 1.29 is 24.1 Å². The van der Waals surface area contributed by atoms with Gasteiger partial charge in [-0.05, 0) is 20.8 Å². The lowest BCUT2D eigenvalue weighted by atomic mass is 10.2. The van der Waals surface area contributed by atoms with E-state index in [0.717, 1.165) is 39.7 Å². The molecule has 0 unspecified atom stereocenters. The topological polar surface area (TPSA) is 178 Å². The molecule has 0 spiro atoms. The lowest BCUT2D eigenvalue weighted by molar-refractivity contribution is -0.142. The second kappa shape index (κ2) is 14.6. The van der Waals surface area contributed by atoms with Crippen molar-refractivity contribution in [2.45, 2.75) is 41.2 Å². The van der Waals surface area contributed by atoms with Crippen molar-refractivity contribution in [1.29, 1.82) is 0 Å². The molecule has 0 bridgehead atoms. The van der Waals surface area contributed by atoms with Crippen LogP contribution in [-0.2, 0) is 32.5 Å². The summed E-state index contributed by atoms with van der Waals surface area (Å²) in [6, 6.07) is 0. The van der Waals surface area contributed by atoms with Crippen LogP contribution in [0.15, 0.2) is 37.4 Å². The molecule has 14 heteroatoms. The van der Waals surface area contributed by atoms with Gasteiger partial charge in [0, 0.05) is 42.8 Å². The molecule has 0 aromatic carbocycles. The van der Waals surface area contributed by atoms with E-state index in [0.29, 0.717) is 26.7 Å². The predicted molar refractivity (Wildman–Crippen MR) is 141 cm³/mol. The number of esters is 1. The quantitative estimate of drug-likeness (QED) is 0.208. The van der Waals surface area contributed by atoms with Crippen molar-refractivity contribution in [2.75, 3.05) is 32.2 Å². The van der Waals surface area contributed by atoms with Gasteiger partial charge in [-0.3, -0.25) is 4.79 Å². The maximum atomic E-state index is 10.6. The number of hydrogen-bond acceptors (Lipinski definition) is 12. The van der Waals surface area contributed by atoms with E-state index in [1.807, 2.05) is 37.7 Å². The average molecular weight is 540 g/mol. The van der Waals surface area contributed by atoms with Gasteiger partial charge in [-0.25, -0.2) is 29.9 Å². The van der Waals surface area contributed by atoms with Gasteiger partial charge in [-0.2, -0.15) is 0 Å². The van der Waals surface area contributed by atoms with Crippen LogP contribution in [0, 0.1) is 20.8 Å². The van der Waals surface area contributed by atoms with Crippen molar-refractivity contribution in [3.63, 3.8) is 0 Å². The van der Waals surface area contributed by atoms with Crippen LogP contribution >= 0.6 is 0 Å². The molecule has 0 amide bonds. The number of nitrogen functional groups attached to an aromatic ring is 1. The summed E-state index contributed by atoms with van der Waals surface area (Å²) >= 11 is 0. The summed E-state index contributed by atoms with van der Waals surface area (Å²) in [6.07, 6.45) is 10.5. The van der Waals surface area contributed by atoms with Crippen LogP contribution in [-0.4, -0.2) is 76.5 Å². The Hall–Kier alpha value is -4.27. The molecular formula is C25H33N9O5. The first-order valence-electron chi connectivity index (χ1n) is 12.1. The second-order valence-electron chi connectivity index (χ2n) is 8.33. The largest absolute Gasteiger partial charge is 0.463 e. The van der Waals surface area contributed by atoms with Crippen LogP contribution in [0.25, 0.3) is 22.5 Å². The summed E-state index contributed by atoms with van der Waals surface area (Å²) in [4.78, 5) is 35.7. The van der Waals surface area contributed by atoms with Gasteiger partial charge >= 0.3 is 5.97 Å². The minimum absolute atomic E-state index is 0.0203. The molecular weight excluding hydrogens is 506 g/mol. The fourth-order valence-corrected chi connectivity index (χ4v) is 3.36. The van der Waals surface area contributed by atoms with Gasteiger partial charge < -0.3 is 34.2 Å². The number of aliphatic hydroxyl groups is 1. The van der Waals surface area contributed by atoms with E-state index in [-0.39, 0.29) is 25.1 Å². The molecule has 0 aliphatic rings. The van der Waals surface area contributed by atoms with Crippen molar-refractivity contribution >= 4 is 11.9 Å². The molecule has 0 saturated carbocycles. The Bertz CT molecular complexity index is 1360. The number of aryl methyl sites for hydroxylation is 3. The van der Waals surface area contributed by atoms with Gasteiger partial charge in [-0.1, -0.05) is 0 Å². The normalized spacial score (nSPS) is 10.7. The molecule has 14 nitrogen and oxygen atoms in total. The summed E-state index contributed by atoms with van der Waals surface area (Å²) in [7, 11) is 0. The lowest BCUT2D eigenvalue weighted by Crippen LogP contribution is -2.09. The van der Waals surface area contributed by atoms with E-state index >= 15 is 0 Å². The number of ether oxygens (including phenoxy) is 3. The highest BCUT2D eigenvalue weighted by molar-refractivity contribution is 5.65. The first-order valence-corrected chi connectivity index (χ1v) is 12.1. The molecule has 3 N–H and O–H groups in total. The SMILES string of the molecule is CC(=O)OCCOCn1cnc(-c2cnc(N)nc2C)c1.Cc1ncc(-c2cn(COCCO)cn2)c(C)n1. The Morgan fingerprint density at radius 3 is 1.95 bits per heavy atom. The minimum atomic E-state index is -0.317. The first-order chi connectivity index (χ1) is 18.8. The van der Waals surface area contributed by atoms with Crippen LogP contribution in [0.2, 0.25) is 0 Å². The number of nitrogens with zero attached hydrogens (tertiary/aromatic N) is 8. The Labute approximate surface area is 225 Å². The van der Waals surface area contributed by atoms with E-state index in [1.54, 1.807) is 29.6 Å². The number of aromatic nitrogens is 8. The molecule has 4 aromatic heterocycles. The van der Waals surface area contributed by atoms with Gasteiger partial charge in [-0.15, -0.1) is 0 Å². The number of anilines is 1. The smallest absolute Gasteiger partial charge is 0.302 e. The fraction of sp³-hybridized carbons (Fsp3) is 0.400. The van der Waals surface area contributed by atoms with Crippen LogP contribution in [0.3, 0.4) is 0 Å². The zero-order valence-corrected chi connectivity index (χ0v) is 22.4. The van der Waals surface area contributed by atoms with Gasteiger partial charge in [0.1, 0.15) is 25.9 Å². The molecule has 0 aliphatic heterocycles. The number of carbonyl (C=O) groups excluding carboxylic acids is 1. The number of imidazole rings is 2. The maximum Gasteiger partial charge on any atom is 0.302 e. The second-order valence-corrected chi connectivity index (χ2v) is 8.33. The van der Waals surface area contributed by atoms with Crippen molar-refractivity contribution in [3.05, 3.63) is 54.7 Å². The molecule has 0 fully saturated rings. The zero-order chi connectivity index (χ0) is 28.2. The Morgan fingerprint density at radius 2 is 1.41 bits per heavy atom. The van der Waals surface area contributed by atoms with Crippen LogP contribution in [0.4, 0.5) is 5.95 Å². The van der Waals surface area contributed by atoms with E-state index in [9.17, 15) is 4.79 Å². The van der Waals surface area contributed by atoms with Crippen LogP contribution in [0.1, 0.15) is 24.1 Å². The van der Waals surface area contributed by atoms with Crippen LogP contribution < -0.4 is 5.73 Å². The summed E-state index contributed by atoms with van der Waals surface area (Å²) in [6.45, 7) is 8.61. The summed E-state index contributed by atoms with van der Waals surface area (Å²) in [5.41, 5.74) is 10.5. The number of aliphatic hydroxyl groups excluding tert-OH is 1. The molecule has 0 radical (unpaired) electrons. The molecule has 39 heavy (non-hydrogen) atoms. The number of rotatable bonds is 11. The maximum absolute atomic E-state index is 10.6. The zero-order valence-electron chi connectivity index (χ0n) is 22.4. The van der Waals surface area contributed by atoms with Gasteiger partial charge in [0.05, 0.1) is 55.3 Å². The Morgan fingerprint density at radius 1 is 0.846 bits per heavy atom. The fourth-order valence-electron chi connectivity index (χ4n) is 3.36. The Balaban J connectivity index is 0.000000218. The first kappa shape index (κ1) is 29.3. The molecule has 4 rings (SSSR count). The van der Waals surface area contributed by atoms with Crippen molar-refractivity contribution in [2.24, 2.45) is 0 Å². The highest BCUT2D eigenvalue weighted by atomic mass is 16.6. The number of nitrogens with two attached hydrogens (primary N) is 1. The van der Waals surface area contributed by atoms with Crippen molar-refractivity contribution in [1.82, 2.24) is 39.0 Å². The number of carbonyl (C=O) groups is 1. The van der Waals surface area contributed by atoms with Gasteiger partial charge in [0.15, 0.2) is 0 Å². The van der Waals surface area contributed by atoms with Crippen molar-refractivity contribution in [3.8, 4) is 22.5 Å². The highest BCUT2D eigenvalue weighted by Crippen LogP contribution is 2.20. The lowest BCUT2D eigenvalue weighted by Gasteiger charge is -2.05. The third-order valence-electron chi connectivity index (χ3n) is 5.17. The van der Waals surface area contributed by atoms with E-state index in [2.05, 4.69) is 29.9 Å². The standard InChI is InChI=1S/C13H17N5O3.C12H16N4O2/c1-9-11(5-15-13(14)17-9)12-6-18(7-16-12)8-20-3-4-21-10(2)19;1-9-11(5-13-10(2)15-9)12-6-16(7-14-12)8-18-4-3-17/h5-7H,3-4,8H2,1-2H3,(H2,14,15,17);5-7,17H,3-4,8H2,1-2H3. The van der Waals surface area contributed by atoms with Gasteiger partial charge in [0.25, 0.3) is 0 Å². The molecule has 0 saturated heterocycles. The molecule has 0 atom stereocenters. The number of hydrogen-bond donors (Lipinski definition) is 2. The monoisotopic (exact) mass is 539 g/mol. The van der Waals surface area contributed by atoms with Crippen LogP contribution in [0.5, 0.6) is 0 Å². The van der Waals surface area contributed by atoms with E-state index < -0.39 is 0 Å². The third-order valence-corrected chi connectivity index (χ3v) is 5.17. The summed E-state index contributed by atoms with van der Waals surface area (Å²) < 4.78 is 18.9. The molecule has 4 aromatic rings. The minimum Gasteiger partial charge on any atom is -0.463 e. The third kappa shape index (κ3) is 9.21. The predicted octanol–water partition coefficient (Wildman–Crippen LogP) is 1.69. The Kier molecular flexibility index (Phi) is 11.0. The average Bonchev–Trinajstić information content (AvgIpc) is 3.54. The molecule has 208 valence electrons.